The Kier molecular flexibility index (Phi) is 27.0. The number of primary amides is 2. The normalized spacial score (nSPS) is 15.1. The molecule has 0 spiro atoms. The number of carbonyl (C=O) groups excluding carboxylic acids is 6. The van der Waals surface area contributed by atoms with Crippen LogP contribution in [0, 0.1) is 18.8 Å². The quantitative estimate of drug-likeness (QED) is 0.00616. The predicted octanol–water partition coefficient (Wildman–Crippen LogP) is 10.7. The molecule has 0 saturated carbocycles. The molecule has 496 valence electrons. The molecular formula is C70H92N7O13S2+. The fourth-order valence-electron chi connectivity index (χ4n) is 11.3. The van der Waals surface area contributed by atoms with Gasteiger partial charge in [0, 0.05) is 60.5 Å². The molecule has 0 saturated heterocycles. The summed E-state index contributed by atoms with van der Waals surface area (Å²) in [6.45, 7) is 23.5. The lowest BCUT2D eigenvalue weighted by Gasteiger charge is -2.31. The number of nitrogens with zero attached hydrogens (tertiary/aromatic N) is 2. The van der Waals surface area contributed by atoms with Gasteiger partial charge in [0.25, 0.3) is 32.1 Å². The van der Waals surface area contributed by atoms with E-state index in [2.05, 4.69) is 94.8 Å². The van der Waals surface area contributed by atoms with Crippen LogP contribution in [0.3, 0.4) is 0 Å². The van der Waals surface area contributed by atoms with E-state index in [1.165, 1.54) is 51.4 Å². The van der Waals surface area contributed by atoms with Crippen LogP contribution in [0.1, 0.15) is 148 Å². The number of carbonyl (C=O) groups is 6. The van der Waals surface area contributed by atoms with Crippen molar-refractivity contribution in [2.75, 3.05) is 30.7 Å². The van der Waals surface area contributed by atoms with Gasteiger partial charge in [-0.05, 0) is 153 Å². The Hall–Kier alpha value is -8.31. The first-order chi connectivity index (χ1) is 43.2. The van der Waals surface area contributed by atoms with E-state index in [0.29, 0.717) is 30.1 Å². The number of anilines is 1. The highest BCUT2D eigenvalue weighted by molar-refractivity contribution is 7.86. The van der Waals surface area contributed by atoms with Crippen molar-refractivity contribution >= 4 is 79.0 Å². The lowest BCUT2D eigenvalue weighted by atomic mass is 9.73. The van der Waals surface area contributed by atoms with Gasteiger partial charge < -0.3 is 32.2 Å². The Morgan fingerprint density at radius 1 is 0.804 bits per heavy atom. The highest BCUT2D eigenvalue weighted by atomic mass is 32.2. The molecule has 0 bridgehead atoms. The van der Waals surface area contributed by atoms with Gasteiger partial charge >= 0.3 is 6.03 Å². The Morgan fingerprint density at radius 2 is 1.46 bits per heavy atom. The van der Waals surface area contributed by atoms with Crippen LogP contribution in [0.15, 0.2) is 143 Å². The summed E-state index contributed by atoms with van der Waals surface area (Å²) in [5.74, 6) is -3.82. The molecule has 0 aromatic heterocycles. The third kappa shape index (κ3) is 21.1. The average molecular weight is 1300 g/mol. The number of benzene rings is 4. The number of unbranched alkanes of at least 4 members (excludes halogenated alkanes) is 2. The van der Waals surface area contributed by atoms with E-state index >= 15 is 0 Å². The van der Waals surface area contributed by atoms with E-state index in [9.17, 15) is 54.7 Å². The van der Waals surface area contributed by atoms with Crippen LogP contribution < -0.4 is 32.2 Å². The number of fused-ring (bicyclic) bond motifs is 1. The van der Waals surface area contributed by atoms with Crippen molar-refractivity contribution in [2.45, 2.75) is 156 Å². The number of hydrogen-bond donors (Lipinski definition) is 7. The summed E-state index contributed by atoms with van der Waals surface area (Å²) in [6.07, 6.45) is 18.1. The molecule has 22 heteroatoms. The Labute approximate surface area is 542 Å². The van der Waals surface area contributed by atoms with Crippen molar-refractivity contribution in [2.24, 2.45) is 23.3 Å². The number of urea groups is 1. The molecule has 9 N–H and O–H groups in total. The van der Waals surface area contributed by atoms with Gasteiger partial charge in [-0.15, -0.1) is 0 Å². The van der Waals surface area contributed by atoms with Crippen LogP contribution in [-0.4, -0.2) is 108 Å². The predicted molar refractivity (Wildman–Crippen MR) is 360 cm³/mol. The number of imide groups is 1. The third-order valence-corrected chi connectivity index (χ3v) is 18.1. The second-order valence-corrected chi connectivity index (χ2v) is 27.5. The number of amides is 7. The summed E-state index contributed by atoms with van der Waals surface area (Å²) in [7, 11) is -8.88. The van der Waals surface area contributed by atoms with Crippen molar-refractivity contribution in [3.8, 4) is 5.75 Å². The average Bonchev–Trinajstić information content (AvgIpc) is 1.57. The molecule has 7 amide bonds. The molecule has 2 aliphatic heterocycles. The molecule has 2 heterocycles. The minimum absolute atomic E-state index is 0.0326. The van der Waals surface area contributed by atoms with Crippen LogP contribution in [0.25, 0.3) is 6.08 Å². The highest BCUT2D eigenvalue weighted by Crippen LogP contribution is 2.42. The van der Waals surface area contributed by atoms with Gasteiger partial charge in [-0.3, -0.25) is 38.0 Å². The van der Waals surface area contributed by atoms with Crippen molar-refractivity contribution in [1.82, 2.24) is 15.5 Å². The molecule has 2 atom stereocenters. The first kappa shape index (κ1) is 74.4. The molecular weight excluding hydrogens is 1210 g/mol. The summed E-state index contributed by atoms with van der Waals surface area (Å²) in [5.41, 5.74) is 20.5. The Balaban J connectivity index is 0.00000114. The zero-order valence-corrected chi connectivity index (χ0v) is 56.4. The smallest absolute Gasteiger partial charge is 0.312 e. The summed E-state index contributed by atoms with van der Waals surface area (Å²) in [5, 5.41) is 7.93. The zero-order chi connectivity index (χ0) is 68.3. The number of ether oxygens (including phenoxy) is 1. The molecule has 0 aliphatic carbocycles. The first-order valence-electron chi connectivity index (χ1n) is 31.1. The molecule has 0 fully saturated rings. The number of nitrogens with two attached hydrogens (primary N) is 2. The first-order valence-corrected chi connectivity index (χ1v) is 34.2. The number of aryl methyl sites for hydroxylation is 2. The molecule has 2 unspecified atom stereocenters. The van der Waals surface area contributed by atoms with E-state index in [1.807, 2.05) is 60.9 Å². The highest BCUT2D eigenvalue weighted by Gasteiger charge is 2.45. The summed E-state index contributed by atoms with van der Waals surface area (Å²) in [4.78, 5) is 72.8. The number of rotatable bonds is 31. The maximum atomic E-state index is 13.5. The largest absolute Gasteiger partial charge is 0.489 e. The SMILES string of the molecule is CCC(C)=C(/C=C/C(=C/c1ccc(OCc2ccc(NC(=O)C(CCCNC(N)=O)NC(=O)C(C(N)=O)C(C)C)cc2)cc1)/C=C/C1=[N+](CCCS(=O)(=O)O)c2cc(S(=O)(=O)O)ccc2C1(C)C)C(C)(C)c1ccc(CC)cc1C.CCCCCN1C(=O)C=CC1=O. The standard InChI is InChI=1S/C61H78N6O11S2.C9H13NO2/c1-11-40(5)49(60(7,8)50-28-20-42(12-2)35-41(50)6)29-21-44(22-31-54-61(9,10)51-30-27-48(80(75,76)77)37-53(51)67(54)33-14-34-79(72,73)74)36-43-18-25-47(26-19-43)78-38-45-16-23-46(24-17-45)65-57(69)52(15-13-32-64-59(63)71)66-58(70)55(39(3)4)56(62)68;1-2-3-4-7-10-8(11)5-6-9(10)12/h16-31,35-37,39,52,55H,11-15,32-34,38H2,1-10H3,(H8-,62,63,64,65,66,68,69,70,71,72,73,74,75,76,77);5-6H,2-4,7H2,1H3/p+1/b29-21+,31-22+,44-36-,49-40?;. The minimum atomic E-state index is -4.58. The fourth-order valence-corrected chi connectivity index (χ4v) is 12.3. The lowest BCUT2D eigenvalue weighted by Crippen LogP contribution is -2.50. The van der Waals surface area contributed by atoms with Crippen molar-refractivity contribution in [3.63, 3.8) is 0 Å². The van der Waals surface area contributed by atoms with Gasteiger partial charge in [-0.1, -0.05) is 121 Å². The molecule has 20 nitrogen and oxygen atoms in total. The van der Waals surface area contributed by atoms with Crippen molar-refractivity contribution in [1.29, 1.82) is 0 Å². The maximum Gasteiger partial charge on any atom is 0.312 e. The van der Waals surface area contributed by atoms with Gasteiger partial charge in [-0.2, -0.15) is 21.4 Å². The van der Waals surface area contributed by atoms with Gasteiger partial charge in [0.2, 0.25) is 23.4 Å². The maximum absolute atomic E-state index is 13.5. The van der Waals surface area contributed by atoms with Gasteiger partial charge in [0.05, 0.1) is 11.2 Å². The second-order valence-electron chi connectivity index (χ2n) is 24.5. The van der Waals surface area contributed by atoms with E-state index in [0.717, 1.165) is 65.7 Å². The number of nitrogens with one attached hydrogen (secondary N) is 3. The van der Waals surface area contributed by atoms with Gasteiger partial charge in [0.15, 0.2) is 5.71 Å². The van der Waals surface area contributed by atoms with E-state index < -0.39 is 73.0 Å². The second kappa shape index (κ2) is 33.3. The van der Waals surface area contributed by atoms with E-state index in [-0.39, 0.29) is 54.7 Å². The van der Waals surface area contributed by atoms with Crippen LogP contribution >= 0.6 is 0 Å². The number of allylic oxidation sites excluding steroid dienone is 7. The van der Waals surface area contributed by atoms with Crippen LogP contribution in [0.5, 0.6) is 5.75 Å². The number of hydrogen-bond acceptors (Lipinski definition) is 11. The molecule has 4 aromatic carbocycles. The molecule has 6 rings (SSSR count). The monoisotopic (exact) mass is 1300 g/mol. The molecule has 92 heavy (non-hydrogen) atoms. The van der Waals surface area contributed by atoms with Crippen LogP contribution in [0.4, 0.5) is 16.2 Å². The van der Waals surface area contributed by atoms with Crippen molar-refractivity contribution < 1.29 is 64.0 Å². The van der Waals surface area contributed by atoms with E-state index in [1.54, 1.807) is 44.2 Å². The molecule has 0 radical (unpaired) electrons. The topological polar surface area (TPSA) is 315 Å². The van der Waals surface area contributed by atoms with E-state index in [4.69, 9.17) is 16.2 Å². The third-order valence-electron chi connectivity index (χ3n) is 16.4. The Bertz CT molecular complexity index is 3750. The summed E-state index contributed by atoms with van der Waals surface area (Å²) < 4.78 is 76.1. The van der Waals surface area contributed by atoms with Gasteiger partial charge in [-0.25, -0.2) is 4.79 Å². The fraction of sp³-hybridized carbons (Fsp3) is 0.414. The van der Waals surface area contributed by atoms with Crippen LogP contribution in [0.2, 0.25) is 0 Å². The molecule has 2 aliphatic rings. The van der Waals surface area contributed by atoms with Crippen LogP contribution in [-0.2, 0) is 68.1 Å². The minimum Gasteiger partial charge on any atom is -0.489 e. The lowest BCUT2D eigenvalue weighted by molar-refractivity contribution is -0.437. The summed E-state index contributed by atoms with van der Waals surface area (Å²) in [6, 6.07) is 23.8. The summed E-state index contributed by atoms with van der Waals surface area (Å²) >= 11 is 0. The van der Waals surface area contributed by atoms with Crippen molar-refractivity contribution in [3.05, 3.63) is 171 Å². The Morgan fingerprint density at radius 3 is 2.02 bits per heavy atom. The van der Waals surface area contributed by atoms with Gasteiger partial charge in [0.1, 0.15) is 35.8 Å². The molecule has 4 aromatic rings. The zero-order valence-electron chi connectivity index (χ0n) is 54.8.